The molecule has 0 aliphatic carbocycles. The first-order valence-corrected chi connectivity index (χ1v) is 7.34. The number of alkyl halides is 3. The van der Waals surface area contributed by atoms with Gasteiger partial charge in [0.25, 0.3) is 0 Å². The van der Waals surface area contributed by atoms with E-state index in [2.05, 4.69) is 5.10 Å². The van der Waals surface area contributed by atoms with Crippen molar-refractivity contribution in [3.8, 4) is 11.3 Å². The SMILES string of the molecule is CCOC(=O)C(C)Cc1cc(-c2ccc(C(F)(F)F)cc2)nn1O. The van der Waals surface area contributed by atoms with Crippen LogP contribution in [0, 0.1) is 5.92 Å². The van der Waals surface area contributed by atoms with Crippen molar-refractivity contribution in [1.82, 2.24) is 9.94 Å². The summed E-state index contributed by atoms with van der Waals surface area (Å²) in [5.41, 5.74) is 0.356. The molecule has 2 aromatic rings. The minimum Gasteiger partial charge on any atom is -0.466 e. The molecule has 2 rings (SSSR count). The van der Waals surface area contributed by atoms with E-state index in [1.165, 1.54) is 18.2 Å². The van der Waals surface area contributed by atoms with Gasteiger partial charge in [-0.15, -0.1) is 9.94 Å². The van der Waals surface area contributed by atoms with Gasteiger partial charge >= 0.3 is 12.1 Å². The number of ether oxygens (including phenoxy) is 1. The van der Waals surface area contributed by atoms with Crippen LogP contribution in [0.3, 0.4) is 0 Å². The molecule has 1 unspecified atom stereocenters. The summed E-state index contributed by atoms with van der Waals surface area (Å²) in [6, 6.07) is 5.99. The highest BCUT2D eigenvalue weighted by molar-refractivity contribution is 5.72. The van der Waals surface area contributed by atoms with Crippen LogP contribution in [0.1, 0.15) is 25.1 Å². The van der Waals surface area contributed by atoms with Gasteiger partial charge in [0.1, 0.15) is 0 Å². The van der Waals surface area contributed by atoms with Crippen molar-refractivity contribution >= 4 is 5.97 Å². The summed E-state index contributed by atoms with van der Waals surface area (Å²) in [7, 11) is 0. The Kier molecular flexibility index (Phi) is 5.16. The van der Waals surface area contributed by atoms with Gasteiger partial charge in [-0.3, -0.25) is 4.79 Å². The molecule has 0 aliphatic rings. The number of esters is 1. The summed E-state index contributed by atoms with van der Waals surface area (Å²) < 4.78 is 42.6. The van der Waals surface area contributed by atoms with Crippen molar-refractivity contribution in [3.63, 3.8) is 0 Å². The molecule has 1 heterocycles. The third kappa shape index (κ3) is 4.06. The fourth-order valence-electron chi connectivity index (χ4n) is 2.20. The van der Waals surface area contributed by atoms with Crippen LogP contribution in [-0.4, -0.2) is 27.7 Å². The topological polar surface area (TPSA) is 64.3 Å². The molecule has 0 amide bonds. The van der Waals surface area contributed by atoms with E-state index in [0.717, 1.165) is 12.1 Å². The predicted octanol–water partition coefficient (Wildman–Crippen LogP) is 3.55. The Hall–Kier alpha value is -2.51. The van der Waals surface area contributed by atoms with Crippen LogP contribution in [0.15, 0.2) is 30.3 Å². The molecule has 0 aliphatic heterocycles. The number of halogens is 3. The van der Waals surface area contributed by atoms with Gasteiger partial charge in [0.2, 0.25) is 0 Å². The molecule has 1 atom stereocenters. The molecule has 8 heteroatoms. The Morgan fingerprint density at radius 2 is 1.96 bits per heavy atom. The van der Waals surface area contributed by atoms with E-state index in [0.29, 0.717) is 21.8 Å². The van der Waals surface area contributed by atoms with Crippen molar-refractivity contribution in [3.05, 3.63) is 41.6 Å². The first-order chi connectivity index (χ1) is 11.2. The molecule has 0 bridgehead atoms. The second-order valence-electron chi connectivity index (χ2n) is 5.34. The van der Waals surface area contributed by atoms with Crippen LogP contribution in [0.25, 0.3) is 11.3 Å². The summed E-state index contributed by atoms with van der Waals surface area (Å²) in [5.74, 6) is -0.872. The lowest BCUT2D eigenvalue weighted by Crippen LogP contribution is -2.18. The fraction of sp³-hybridized carbons (Fsp3) is 0.375. The molecule has 5 nitrogen and oxygen atoms in total. The van der Waals surface area contributed by atoms with E-state index >= 15 is 0 Å². The molecule has 1 aromatic heterocycles. The van der Waals surface area contributed by atoms with E-state index in [1.807, 2.05) is 0 Å². The number of benzene rings is 1. The zero-order valence-corrected chi connectivity index (χ0v) is 13.2. The maximum absolute atomic E-state index is 12.6. The third-order valence-corrected chi connectivity index (χ3v) is 3.47. The van der Waals surface area contributed by atoms with Crippen molar-refractivity contribution in [2.45, 2.75) is 26.4 Å². The number of aromatic nitrogens is 2. The number of hydrogen-bond donors (Lipinski definition) is 1. The zero-order chi connectivity index (χ0) is 17.9. The number of carbonyl (C=O) groups excluding carboxylic acids is 1. The van der Waals surface area contributed by atoms with E-state index in [9.17, 15) is 23.2 Å². The first-order valence-electron chi connectivity index (χ1n) is 7.34. The summed E-state index contributed by atoms with van der Waals surface area (Å²) in [6.45, 7) is 3.62. The van der Waals surface area contributed by atoms with Gasteiger partial charge in [-0.1, -0.05) is 19.1 Å². The molecular weight excluding hydrogens is 325 g/mol. The summed E-state index contributed by atoms with van der Waals surface area (Å²) >= 11 is 0. The second kappa shape index (κ2) is 6.94. The molecule has 1 N–H and O–H groups in total. The van der Waals surface area contributed by atoms with E-state index < -0.39 is 23.6 Å². The third-order valence-electron chi connectivity index (χ3n) is 3.47. The average Bonchev–Trinajstić information content (AvgIpc) is 2.88. The number of rotatable bonds is 5. The van der Waals surface area contributed by atoms with Gasteiger partial charge in [-0.2, -0.15) is 13.2 Å². The van der Waals surface area contributed by atoms with Crippen LogP contribution >= 0.6 is 0 Å². The van der Waals surface area contributed by atoms with Crippen LogP contribution in [0.2, 0.25) is 0 Å². The van der Waals surface area contributed by atoms with Gasteiger partial charge in [0, 0.05) is 12.0 Å². The smallest absolute Gasteiger partial charge is 0.416 e. The van der Waals surface area contributed by atoms with Crippen molar-refractivity contribution in [2.75, 3.05) is 6.61 Å². The normalized spacial score (nSPS) is 12.9. The van der Waals surface area contributed by atoms with Gasteiger partial charge in [0.15, 0.2) is 0 Å². The molecule has 0 spiro atoms. The molecule has 130 valence electrons. The Labute approximate surface area is 136 Å². The molecule has 0 fully saturated rings. The molecule has 0 saturated carbocycles. The summed E-state index contributed by atoms with van der Waals surface area (Å²) in [4.78, 5) is 12.3. The van der Waals surface area contributed by atoms with Gasteiger partial charge in [-0.05, 0) is 25.1 Å². The quantitative estimate of drug-likeness (QED) is 0.667. The van der Waals surface area contributed by atoms with Crippen LogP contribution in [0.4, 0.5) is 13.2 Å². The highest BCUT2D eigenvalue weighted by atomic mass is 19.4. The molecular formula is C16H17F3N2O3. The van der Waals surface area contributed by atoms with Crippen LogP contribution in [-0.2, 0) is 22.1 Å². The standard InChI is InChI=1S/C16H17F3N2O3/c1-3-24-15(22)10(2)8-13-9-14(20-21(13)23)11-4-6-12(7-5-11)16(17,18)19/h4-7,9-10,23H,3,8H2,1-2H3. The predicted molar refractivity (Wildman–Crippen MR) is 79.4 cm³/mol. The lowest BCUT2D eigenvalue weighted by Gasteiger charge is -2.09. The minimum atomic E-state index is -4.41. The number of hydrogen-bond acceptors (Lipinski definition) is 4. The summed E-state index contributed by atoms with van der Waals surface area (Å²) in [5, 5.41) is 13.7. The van der Waals surface area contributed by atoms with Gasteiger partial charge in [-0.25, -0.2) is 0 Å². The molecule has 24 heavy (non-hydrogen) atoms. The van der Waals surface area contributed by atoms with Crippen LogP contribution < -0.4 is 0 Å². The number of nitrogens with zero attached hydrogens (tertiary/aromatic N) is 2. The monoisotopic (exact) mass is 342 g/mol. The van der Waals surface area contributed by atoms with E-state index in [-0.39, 0.29) is 13.0 Å². The average molecular weight is 342 g/mol. The Morgan fingerprint density at radius 3 is 2.50 bits per heavy atom. The highest BCUT2D eigenvalue weighted by Gasteiger charge is 2.30. The first kappa shape index (κ1) is 17.8. The molecule has 0 saturated heterocycles. The van der Waals surface area contributed by atoms with Crippen molar-refractivity contribution in [1.29, 1.82) is 0 Å². The molecule has 0 radical (unpaired) electrons. The highest BCUT2D eigenvalue weighted by Crippen LogP contribution is 2.31. The lowest BCUT2D eigenvalue weighted by atomic mass is 10.0. The van der Waals surface area contributed by atoms with Gasteiger partial charge < -0.3 is 9.94 Å². The van der Waals surface area contributed by atoms with Crippen molar-refractivity contribution < 1.29 is 27.9 Å². The fourth-order valence-corrected chi connectivity index (χ4v) is 2.20. The lowest BCUT2D eigenvalue weighted by molar-refractivity contribution is -0.147. The van der Waals surface area contributed by atoms with E-state index in [1.54, 1.807) is 13.8 Å². The maximum atomic E-state index is 12.6. The zero-order valence-electron chi connectivity index (χ0n) is 13.2. The minimum absolute atomic E-state index is 0.197. The Bertz CT molecular complexity index is 708. The van der Waals surface area contributed by atoms with Crippen molar-refractivity contribution in [2.24, 2.45) is 5.92 Å². The maximum Gasteiger partial charge on any atom is 0.416 e. The van der Waals surface area contributed by atoms with Gasteiger partial charge in [0.05, 0.1) is 29.5 Å². The Morgan fingerprint density at radius 1 is 1.33 bits per heavy atom. The number of carbonyl (C=O) groups is 1. The van der Waals surface area contributed by atoms with E-state index in [4.69, 9.17) is 4.74 Å². The second-order valence-corrected chi connectivity index (χ2v) is 5.34. The summed E-state index contributed by atoms with van der Waals surface area (Å²) in [6.07, 6.45) is -4.21. The Balaban J connectivity index is 2.18. The largest absolute Gasteiger partial charge is 0.466 e. The van der Waals surface area contributed by atoms with Crippen LogP contribution in [0.5, 0.6) is 0 Å². The molecule has 1 aromatic carbocycles.